The fraction of sp³-hybridized carbons (Fsp3) is 0.600. The van der Waals surface area contributed by atoms with E-state index in [0.29, 0.717) is 12.6 Å². The first kappa shape index (κ1) is 9.22. The molecule has 0 radical (unpaired) electrons. The van der Waals surface area contributed by atoms with Crippen LogP contribution in [0.1, 0.15) is 18.5 Å². The number of nitrogens with zero attached hydrogens (tertiary/aromatic N) is 3. The summed E-state index contributed by atoms with van der Waals surface area (Å²) in [6.45, 7) is 2.64. The van der Waals surface area contributed by atoms with E-state index in [9.17, 15) is 0 Å². The number of rotatable bonds is 4. The number of nitrogens with one attached hydrogen (secondary N) is 1. The highest BCUT2D eigenvalue weighted by atomic mass is 15.3. The number of hydrogen-bond acceptors (Lipinski definition) is 3. The highest BCUT2D eigenvalue weighted by Gasteiger charge is 2.24. The predicted molar refractivity (Wildman–Crippen MR) is 52.5 cm³/mol. The summed E-state index contributed by atoms with van der Waals surface area (Å²) in [5.74, 6) is 0. The van der Waals surface area contributed by atoms with Gasteiger partial charge < -0.3 is 0 Å². The van der Waals surface area contributed by atoms with Gasteiger partial charge in [0.05, 0.1) is 12.6 Å². The standard InChI is InChI=1S/C10H14N4/c1-8-4-5-12-14(8)7-10(6-11)13-9-2-3-9/h4-5,9-10,13H,2-3,7H2,1H3. The van der Waals surface area contributed by atoms with E-state index in [4.69, 9.17) is 5.26 Å². The van der Waals surface area contributed by atoms with Crippen LogP contribution in [0.25, 0.3) is 0 Å². The van der Waals surface area contributed by atoms with Gasteiger partial charge in [-0.15, -0.1) is 0 Å². The topological polar surface area (TPSA) is 53.6 Å². The predicted octanol–water partition coefficient (Wildman–Crippen LogP) is 0.836. The fourth-order valence-electron chi connectivity index (χ4n) is 1.43. The maximum absolute atomic E-state index is 8.94. The van der Waals surface area contributed by atoms with Gasteiger partial charge in [0.1, 0.15) is 6.04 Å². The Kier molecular flexibility index (Phi) is 2.51. The normalized spacial score (nSPS) is 17.7. The lowest BCUT2D eigenvalue weighted by Gasteiger charge is -2.11. The molecule has 1 aliphatic rings. The molecular weight excluding hydrogens is 176 g/mol. The molecule has 1 unspecified atom stereocenters. The molecule has 0 aromatic carbocycles. The molecule has 1 aliphatic carbocycles. The maximum atomic E-state index is 8.94. The molecule has 0 aliphatic heterocycles. The Labute approximate surface area is 83.5 Å². The van der Waals surface area contributed by atoms with Crippen molar-refractivity contribution in [2.45, 2.75) is 38.4 Å². The minimum absolute atomic E-state index is 0.110. The highest BCUT2D eigenvalue weighted by molar-refractivity contribution is 5.01. The van der Waals surface area contributed by atoms with Gasteiger partial charge in [-0.05, 0) is 25.8 Å². The Morgan fingerprint density at radius 1 is 1.79 bits per heavy atom. The molecule has 1 N–H and O–H groups in total. The molecule has 2 rings (SSSR count). The fourth-order valence-corrected chi connectivity index (χ4v) is 1.43. The first-order chi connectivity index (χ1) is 6.79. The van der Waals surface area contributed by atoms with Crippen LogP contribution in [-0.2, 0) is 6.54 Å². The van der Waals surface area contributed by atoms with E-state index < -0.39 is 0 Å². The van der Waals surface area contributed by atoms with Gasteiger partial charge in [-0.1, -0.05) is 0 Å². The molecule has 1 aromatic heterocycles. The lowest BCUT2D eigenvalue weighted by atomic mass is 10.3. The molecule has 1 saturated carbocycles. The van der Waals surface area contributed by atoms with Gasteiger partial charge in [0.2, 0.25) is 0 Å². The van der Waals surface area contributed by atoms with Crippen LogP contribution < -0.4 is 5.32 Å². The lowest BCUT2D eigenvalue weighted by Crippen LogP contribution is -2.34. The van der Waals surface area contributed by atoms with Crippen molar-refractivity contribution in [3.63, 3.8) is 0 Å². The average Bonchev–Trinajstić information content (AvgIpc) is 2.90. The first-order valence-electron chi connectivity index (χ1n) is 4.93. The van der Waals surface area contributed by atoms with Crippen LogP contribution in [0.15, 0.2) is 12.3 Å². The summed E-state index contributed by atoms with van der Waals surface area (Å²) in [5, 5.41) is 16.4. The van der Waals surface area contributed by atoms with Crippen LogP contribution in [0.2, 0.25) is 0 Å². The van der Waals surface area contributed by atoms with Gasteiger partial charge in [0.15, 0.2) is 0 Å². The van der Waals surface area contributed by atoms with E-state index in [1.807, 2.05) is 17.7 Å². The van der Waals surface area contributed by atoms with Crippen LogP contribution in [0.4, 0.5) is 0 Å². The Morgan fingerprint density at radius 2 is 2.57 bits per heavy atom. The van der Waals surface area contributed by atoms with Crippen molar-refractivity contribution in [3.05, 3.63) is 18.0 Å². The molecule has 4 nitrogen and oxygen atoms in total. The van der Waals surface area contributed by atoms with Gasteiger partial charge in [-0.25, -0.2) is 0 Å². The molecule has 4 heteroatoms. The molecule has 0 amide bonds. The van der Waals surface area contributed by atoms with Gasteiger partial charge in [0.25, 0.3) is 0 Å². The molecule has 1 fully saturated rings. The van der Waals surface area contributed by atoms with Crippen molar-refractivity contribution in [2.24, 2.45) is 0 Å². The number of nitriles is 1. The molecule has 1 aromatic rings. The molecule has 1 atom stereocenters. The van der Waals surface area contributed by atoms with Crippen LogP contribution >= 0.6 is 0 Å². The van der Waals surface area contributed by atoms with E-state index in [1.54, 1.807) is 6.20 Å². The first-order valence-corrected chi connectivity index (χ1v) is 4.93. The average molecular weight is 190 g/mol. The van der Waals surface area contributed by atoms with Crippen molar-refractivity contribution < 1.29 is 0 Å². The third-order valence-corrected chi connectivity index (χ3v) is 2.45. The van der Waals surface area contributed by atoms with Gasteiger partial charge in [-0.3, -0.25) is 10.00 Å². The molecule has 0 bridgehead atoms. The lowest BCUT2D eigenvalue weighted by molar-refractivity contribution is 0.482. The summed E-state index contributed by atoms with van der Waals surface area (Å²) in [4.78, 5) is 0. The summed E-state index contributed by atoms with van der Waals surface area (Å²) in [6.07, 6.45) is 4.17. The smallest absolute Gasteiger partial charge is 0.115 e. The van der Waals surface area contributed by atoms with E-state index >= 15 is 0 Å². The third kappa shape index (κ3) is 2.12. The minimum Gasteiger partial charge on any atom is -0.298 e. The summed E-state index contributed by atoms with van der Waals surface area (Å²) in [6, 6.07) is 4.67. The molecular formula is C10H14N4. The van der Waals surface area contributed by atoms with Crippen LogP contribution in [0.3, 0.4) is 0 Å². The summed E-state index contributed by atoms with van der Waals surface area (Å²) >= 11 is 0. The summed E-state index contributed by atoms with van der Waals surface area (Å²) in [7, 11) is 0. The zero-order valence-electron chi connectivity index (χ0n) is 8.27. The Morgan fingerprint density at radius 3 is 3.07 bits per heavy atom. The number of hydrogen-bond donors (Lipinski definition) is 1. The zero-order valence-corrected chi connectivity index (χ0v) is 8.27. The molecule has 74 valence electrons. The van der Waals surface area contributed by atoms with Crippen LogP contribution in [-0.4, -0.2) is 21.9 Å². The third-order valence-electron chi connectivity index (χ3n) is 2.45. The van der Waals surface area contributed by atoms with E-state index in [2.05, 4.69) is 16.5 Å². The number of aryl methyl sites for hydroxylation is 1. The zero-order chi connectivity index (χ0) is 9.97. The minimum atomic E-state index is -0.110. The second-order valence-electron chi connectivity index (χ2n) is 3.78. The maximum Gasteiger partial charge on any atom is 0.115 e. The number of aromatic nitrogens is 2. The molecule has 0 spiro atoms. The van der Waals surface area contributed by atoms with Gasteiger partial charge >= 0.3 is 0 Å². The Bertz CT molecular complexity index is 345. The monoisotopic (exact) mass is 190 g/mol. The van der Waals surface area contributed by atoms with Crippen LogP contribution in [0.5, 0.6) is 0 Å². The second-order valence-corrected chi connectivity index (χ2v) is 3.78. The van der Waals surface area contributed by atoms with E-state index in [-0.39, 0.29) is 6.04 Å². The van der Waals surface area contributed by atoms with E-state index in [0.717, 1.165) is 5.69 Å². The summed E-state index contributed by atoms with van der Waals surface area (Å²) < 4.78 is 1.86. The largest absolute Gasteiger partial charge is 0.298 e. The van der Waals surface area contributed by atoms with Gasteiger partial charge in [-0.2, -0.15) is 10.4 Å². The van der Waals surface area contributed by atoms with E-state index in [1.165, 1.54) is 12.8 Å². The Hall–Kier alpha value is -1.34. The van der Waals surface area contributed by atoms with Gasteiger partial charge in [0, 0.05) is 17.9 Å². The SMILES string of the molecule is Cc1ccnn1CC(C#N)NC1CC1. The van der Waals surface area contributed by atoms with Crippen molar-refractivity contribution in [2.75, 3.05) is 0 Å². The Balaban J connectivity index is 1.94. The molecule has 0 saturated heterocycles. The summed E-state index contributed by atoms with van der Waals surface area (Å²) in [5.41, 5.74) is 1.10. The van der Waals surface area contributed by atoms with Crippen molar-refractivity contribution in [1.82, 2.24) is 15.1 Å². The molecule has 1 heterocycles. The van der Waals surface area contributed by atoms with Crippen molar-refractivity contribution >= 4 is 0 Å². The second kappa shape index (κ2) is 3.81. The van der Waals surface area contributed by atoms with Crippen molar-refractivity contribution in [3.8, 4) is 6.07 Å². The highest BCUT2D eigenvalue weighted by Crippen LogP contribution is 2.19. The van der Waals surface area contributed by atoms with Crippen LogP contribution in [0, 0.1) is 18.3 Å². The molecule has 14 heavy (non-hydrogen) atoms. The van der Waals surface area contributed by atoms with Crippen molar-refractivity contribution in [1.29, 1.82) is 5.26 Å². The quantitative estimate of drug-likeness (QED) is 0.765.